The fraction of sp³-hybridized carbons (Fsp3) is 0.375. The lowest BCUT2D eigenvalue weighted by atomic mass is 9.87. The lowest BCUT2D eigenvalue weighted by molar-refractivity contribution is -0.118. The summed E-state index contributed by atoms with van der Waals surface area (Å²) in [7, 11) is 0. The van der Waals surface area contributed by atoms with Crippen molar-refractivity contribution in [2.75, 3.05) is 17.3 Å². The van der Waals surface area contributed by atoms with Crippen LogP contribution in [0.2, 0.25) is 0 Å². The van der Waals surface area contributed by atoms with Crippen LogP contribution in [0.25, 0.3) is 10.2 Å². The van der Waals surface area contributed by atoms with Gasteiger partial charge in [-0.25, -0.2) is 4.98 Å². The maximum absolute atomic E-state index is 12.6. The second kappa shape index (κ2) is 9.06. The standard InChI is InChI=1S/C24H30N4O2S/c1-14(2)27-28-23-25-19-12-15(3)21(16(4)22(19)31-23)26-20(29)13-30-18-10-8-17(9-11-18)24(5,6)7/h8-12H,13H2,1-7H3,(H,25,28)(H,26,29). The van der Waals surface area contributed by atoms with Crippen LogP contribution in [0.15, 0.2) is 35.4 Å². The first-order valence-electron chi connectivity index (χ1n) is 10.3. The molecule has 1 aromatic heterocycles. The van der Waals surface area contributed by atoms with Crippen molar-refractivity contribution in [3.8, 4) is 5.75 Å². The normalized spacial score (nSPS) is 11.3. The number of hydrogen-bond donors (Lipinski definition) is 2. The molecular formula is C24H30N4O2S. The second-order valence-electron chi connectivity index (χ2n) is 8.84. The lowest BCUT2D eigenvalue weighted by Crippen LogP contribution is -2.21. The molecule has 0 saturated carbocycles. The van der Waals surface area contributed by atoms with E-state index in [2.05, 4.69) is 41.6 Å². The third kappa shape index (κ3) is 5.61. The Balaban J connectivity index is 1.70. The molecule has 2 aromatic carbocycles. The Morgan fingerprint density at radius 2 is 1.84 bits per heavy atom. The van der Waals surface area contributed by atoms with Crippen LogP contribution in [0.4, 0.5) is 10.8 Å². The van der Waals surface area contributed by atoms with Crippen LogP contribution in [0.1, 0.15) is 51.3 Å². The van der Waals surface area contributed by atoms with Gasteiger partial charge in [0.25, 0.3) is 5.91 Å². The summed E-state index contributed by atoms with van der Waals surface area (Å²) in [6.07, 6.45) is 0. The van der Waals surface area contributed by atoms with Gasteiger partial charge in [0.15, 0.2) is 6.61 Å². The fourth-order valence-electron chi connectivity index (χ4n) is 3.16. The number of hydrogen-bond acceptors (Lipinski definition) is 6. The Morgan fingerprint density at radius 3 is 2.45 bits per heavy atom. The van der Waals surface area contributed by atoms with E-state index in [-0.39, 0.29) is 17.9 Å². The van der Waals surface area contributed by atoms with Gasteiger partial charge in [0.05, 0.1) is 10.2 Å². The summed E-state index contributed by atoms with van der Waals surface area (Å²) in [4.78, 5) is 17.1. The van der Waals surface area contributed by atoms with E-state index in [1.165, 1.54) is 16.9 Å². The third-order valence-corrected chi connectivity index (χ3v) is 5.94. The molecule has 0 aliphatic heterocycles. The van der Waals surface area contributed by atoms with Gasteiger partial charge in [-0.3, -0.25) is 10.2 Å². The summed E-state index contributed by atoms with van der Waals surface area (Å²) in [5.41, 5.74) is 8.84. The minimum Gasteiger partial charge on any atom is -0.484 e. The first-order chi connectivity index (χ1) is 14.5. The fourth-order valence-corrected chi connectivity index (χ4v) is 4.05. The molecule has 0 aliphatic carbocycles. The maximum atomic E-state index is 12.6. The van der Waals surface area contributed by atoms with Gasteiger partial charge in [-0.15, -0.1) is 0 Å². The predicted octanol–water partition coefficient (Wildman–Crippen LogP) is 6.04. The number of amides is 1. The molecule has 3 rings (SSSR count). The van der Waals surface area contributed by atoms with E-state index >= 15 is 0 Å². The molecule has 1 heterocycles. The number of hydrazone groups is 1. The topological polar surface area (TPSA) is 75.6 Å². The summed E-state index contributed by atoms with van der Waals surface area (Å²) in [5.74, 6) is 0.483. The Labute approximate surface area is 187 Å². The van der Waals surface area contributed by atoms with E-state index in [4.69, 9.17) is 4.74 Å². The van der Waals surface area contributed by atoms with E-state index in [1.807, 2.05) is 58.0 Å². The largest absolute Gasteiger partial charge is 0.484 e. The number of fused-ring (bicyclic) bond motifs is 1. The van der Waals surface area contributed by atoms with Crippen molar-refractivity contribution in [3.63, 3.8) is 0 Å². The minimum atomic E-state index is -0.195. The van der Waals surface area contributed by atoms with Gasteiger partial charge >= 0.3 is 0 Å². The Bertz CT molecular complexity index is 1120. The number of carbonyl (C=O) groups is 1. The van der Waals surface area contributed by atoms with E-state index in [1.54, 1.807) is 0 Å². The van der Waals surface area contributed by atoms with E-state index < -0.39 is 0 Å². The smallest absolute Gasteiger partial charge is 0.262 e. The monoisotopic (exact) mass is 438 g/mol. The zero-order valence-electron chi connectivity index (χ0n) is 19.2. The summed E-state index contributed by atoms with van der Waals surface area (Å²) in [5, 5.41) is 7.94. The molecule has 0 unspecified atom stereocenters. The Hall–Kier alpha value is -2.93. The van der Waals surface area contributed by atoms with E-state index in [9.17, 15) is 4.79 Å². The molecule has 31 heavy (non-hydrogen) atoms. The van der Waals surface area contributed by atoms with Crippen molar-refractivity contribution in [1.29, 1.82) is 0 Å². The number of thiazole rings is 1. The van der Waals surface area contributed by atoms with Crippen LogP contribution in [0.5, 0.6) is 5.75 Å². The number of nitrogens with one attached hydrogen (secondary N) is 2. The van der Waals surface area contributed by atoms with Gasteiger partial charge in [0.1, 0.15) is 5.75 Å². The van der Waals surface area contributed by atoms with Crippen LogP contribution >= 0.6 is 11.3 Å². The number of carbonyl (C=O) groups excluding carboxylic acids is 1. The van der Waals surface area contributed by atoms with E-state index in [0.29, 0.717) is 5.75 Å². The van der Waals surface area contributed by atoms with E-state index in [0.717, 1.165) is 37.9 Å². The third-order valence-electron chi connectivity index (χ3n) is 4.85. The van der Waals surface area contributed by atoms with Crippen molar-refractivity contribution in [1.82, 2.24) is 4.98 Å². The zero-order valence-corrected chi connectivity index (χ0v) is 20.0. The summed E-state index contributed by atoms with van der Waals surface area (Å²) < 4.78 is 6.71. The van der Waals surface area contributed by atoms with Crippen LogP contribution < -0.4 is 15.5 Å². The molecule has 0 atom stereocenters. The number of ether oxygens (including phenoxy) is 1. The van der Waals surface area contributed by atoms with Crippen LogP contribution in [0.3, 0.4) is 0 Å². The van der Waals surface area contributed by atoms with Gasteiger partial charge in [0.2, 0.25) is 5.13 Å². The molecule has 164 valence electrons. The summed E-state index contributed by atoms with van der Waals surface area (Å²) >= 11 is 1.52. The summed E-state index contributed by atoms with van der Waals surface area (Å²) in [6, 6.07) is 9.86. The average Bonchev–Trinajstić information content (AvgIpc) is 3.10. The molecule has 6 nitrogen and oxygen atoms in total. The highest BCUT2D eigenvalue weighted by atomic mass is 32.1. The average molecular weight is 439 g/mol. The molecule has 3 aromatic rings. The first-order valence-corrected chi connectivity index (χ1v) is 11.1. The Morgan fingerprint density at radius 1 is 1.16 bits per heavy atom. The molecule has 0 saturated heterocycles. The molecule has 0 aliphatic rings. The number of rotatable bonds is 6. The summed E-state index contributed by atoms with van der Waals surface area (Å²) in [6.45, 7) is 14.2. The zero-order chi connectivity index (χ0) is 22.8. The van der Waals surface area contributed by atoms with Gasteiger partial charge in [-0.05, 0) is 68.0 Å². The van der Waals surface area contributed by atoms with Gasteiger partial charge in [-0.1, -0.05) is 44.2 Å². The molecule has 0 radical (unpaired) electrons. The molecule has 2 N–H and O–H groups in total. The molecule has 0 spiro atoms. The molecular weight excluding hydrogens is 408 g/mol. The maximum Gasteiger partial charge on any atom is 0.262 e. The van der Waals surface area contributed by atoms with Crippen molar-refractivity contribution >= 4 is 44.0 Å². The predicted molar refractivity (Wildman–Crippen MR) is 131 cm³/mol. The Kier molecular flexibility index (Phi) is 6.65. The van der Waals surface area contributed by atoms with Crippen molar-refractivity contribution < 1.29 is 9.53 Å². The highest BCUT2D eigenvalue weighted by Crippen LogP contribution is 2.35. The van der Waals surface area contributed by atoms with Crippen LogP contribution in [-0.2, 0) is 10.2 Å². The quantitative estimate of drug-likeness (QED) is 0.364. The van der Waals surface area contributed by atoms with Gasteiger partial charge in [-0.2, -0.15) is 5.10 Å². The number of aromatic nitrogens is 1. The van der Waals surface area contributed by atoms with Gasteiger partial charge < -0.3 is 10.1 Å². The highest BCUT2D eigenvalue weighted by Gasteiger charge is 2.16. The number of nitrogens with zero attached hydrogens (tertiary/aromatic N) is 2. The molecule has 7 heteroatoms. The first kappa shape index (κ1) is 22.7. The second-order valence-corrected chi connectivity index (χ2v) is 9.84. The van der Waals surface area contributed by atoms with Gasteiger partial charge in [0, 0.05) is 11.4 Å². The van der Waals surface area contributed by atoms with Crippen molar-refractivity contribution in [2.24, 2.45) is 5.10 Å². The highest BCUT2D eigenvalue weighted by molar-refractivity contribution is 7.22. The van der Waals surface area contributed by atoms with Crippen LogP contribution in [-0.4, -0.2) is 23.2 Å². The molecule has 1 amide bonds. The lowest BCUT2D eigenvalue weighted by Gasteiger charge is -2.19. The number of benzene rings is 2. The number of anilines is 2. The SMILES string of the molecule is CC(C)=NNc1nc2cc(C)c(NC(=O)COc3ccc(C(C)(C)C)cc3)c(C)c2s1. The minimum absolute atomic E-state index is 0.0498. The molecule has 0 fully saturated rings. The van der Waals surface area contributed by atoms with Crippen LogP contribution in [0, 0.1) is 13.8 Å². The molecule has 0 bridgehead atoms. The van der Waals surface area contributed by atoms with Crippen molar-refractivity contribution in [3.05, 3.63) is 47.0 Å². The number of aryl methyl sites for hydroxylation is 2. The van der Waals surface area contributed by atoms with Crippen molar-refractivity contribution in [2.45, 2.75) is 53.9 Å².